The monoisotopic (exact) mass is 330 g/mol. The maximum atomic E-state index is 12.7. The number of fused-ring (bicyclic) bond motifs is 1. The zero-order valence-corrected chi connectivity index (χ0v) is 13.5. The normalized spacial score (nSPS) is 16.4. The second kappa shape index (κ2) is 6.69. The van der Waals surface area contributed by atoms with Crippen LogP contribution < -0.4 is 5.32 Å². The Morgan fingerprint density at radius 2 is 2.21 bits per heavy atom. The van der Waals surface area contributed by atoms with Crippen molar-refractivity contribution in [2.45, 2.75) is 25.9 Å². The molecule has 1 N–H and O–H groups in total. The molecule has 1 aliphatic heterocycles. The molecule has 126 valence electrons. The Hall–Kier alpha value is -2.90. The van der Waals surface area contributed by atoms with Gasteiger partial charge >= 0.3 is 6.09 Å². The minimum absolute atomic E-state index is 0.105. The number of nitrogens with zero attached hydrogens (tertiary/aromatic N) is 3. The molecule has 0 unspecified atom stereocenters. The van der Waals surface area contributed by atoms with Crippen molar-refractivity contribution >= 4 is 12.0 Å². The first-order valence-corrected chi connectivity index (χ1v) is 7.59. The fourth-order valence-electron chi connectivity index (χ4n) is 2.83. The van der Waals surface area contributed by atoms with E-state index in [1.54, 1.807) is 6.92 Å². The third-order valence-corrected chi connectivity index (χ3v) is 3.92. The van der Waals surface area contributed by atoms with Crippen molar-refractivity contribution in [2.75, 3.05) is 13.7 Å². The van der Waals surface area contributed by atoms with Gasteiger partial charge in [0, 0.05) is 6.54 Å². The van der Waals surface area contributed by atoms with Crippen molar-refractivity contribution in [3.05, 3.63) is 47.1 Å². The maximum Gasteiger partial charge on any atom is 0.410 e. The Morgan fingerprint density at radius 3 is 2.92 bits per heavy atom. The van der Waals surface area contributed by atoms with Gasteiger partial charge in [0.05, 0.1) is 13.7 Å². The summed E-state index contributed by atoms with van der Waals surface area (Å²) in [7, 11) is 1.30. The van der Waals surface area contributed by atoms with E-state index in [1.807, 2.05) is 24.3 Å². The second-order valence-electron chi connectivity index (χ2n) is 5.47. The minimum Gasteiger partial charge on any atom is -0.453 e. The van der Waals surface area contributed by atoms with Gasteiger partial charge in [0.15, 0.2) is 5.82 Å². The van der Waals surface area contributed by atoms with Crippen molar-refractivity contribution in [3.8, 4) is 0 Å². The van der Waals surface area contributed by atoms with Gasteiger partial charge in [-0.1, -0.05) is 29.4 Å². The maximum absolute atomic E-state index is 12.7. The number of ether oxygens (including phenoxy) is 1. The zero-order chi connectivity index (χ0) is 17.1. The van der Waals surface area contributed by atoms with Gasteiger partial charge in [-0.25, -0.2) is 4.79 Å². The fourth-order valence-corrected chi connectivity index (χ4v) is 2.83. The van der Waals surface area contributed by atoms with Crippen LogP contribution in [0, 0.1) is 6.92 Å². The van der Waals surface area contributed by atoms with E-state index in [2.05, 4.69) is 15.5 Å². The van der Waals surface area contributed by atoms with Crippen LogP contribution in [0.15, 0.2) is 28.8 Å². The van der Waals surface area contributed by atoms with Gasteiger partial charge in [-0.2, -0.15) is 4.98 Å². The van der Waals surface area contributed by atoms with Gasteiger partial charge < -0.3 is 14.6 Å². The summed E-state index contributed by atoms with van der Waals surface area (Å²) >= 11 is 0. The minimum atomic E-state index is -0.744. The lowest BCUT2D eigenvalue weighted by molar-refractivity contribution is -0.126. The van der Waals surface area contributed by atoms with Gasteiger partial charge in [-0.05, 0) is 24.5 Å². The third-order valence-electron chi connectivity index (χ3n) is 3.92. The number of aryl methyl sites for hydroxylation is 1. The average molecular weight is 330 g/mol. The first kappa shape index (κ1) is 16.0. The molecule has 2 amide bonds. The molecule has 0 saturated carbocycles. The van der Waals surface area contributed by atoms with Crippen LogP contribution in [0.2, 0.25) is 0 Å². The molecule has 1 aromatic carbocycles. The molecule has 0 aliphatic carbocycles. The fraction of sp³-hybridized carbons (Fsp3) is 0.375. The predicted octanol–water partition coefficient (Wildman–Crippen LogP) is 1.36. The molecule has 0 radical (unpaired) electrons. The van der Waals surface area contributed by atoms with E-state index in [0.717, 1.165) is 11.1 Å². The van der Waals surface area contributed by atoms with Crippen molar-refractivity contribution in [3.63, 3.8) is 0 Å². The summed E-state index contributed by atoms with van der Waals surface area (Å²) in [4.78, 5) is 30.2. The number of amides is 2. The molecule has 8 heteroatoms. The Labute approximate surface area is 138 Å². The van der Waals surface area contributed by atoms with Gasteiger partial charge in [0.25, 0.3) is 0 Å². The number of benzene rings is 1. The number of methoxy groups -OCH3 is 1. The average Bonchev–Trinajstić information content (AvgIpc) is 3.03. The van der Waals surface area contributed by atoms with Crippen LogP contribution in [0.1, 0.15) is 28.9 Å². The van der Waals surface area contributed by atoms with Crippen LogP contribution in [0.5, 0.6) is 0 Å². The van der Waals surface area contributed by atoms with E-state index in [9.17, 15) is 9.59 Å². The number of carbonyl (C=O) groups excluding carboxylic acids is 2. The van der Waals surface area contributed by atoms with E-state index in [1.165, 1.54) is 12.0 Å². The first-order valence-electron chi connectivity index (χ1n) is 7.59. The summed E-state index contributed by atoms with van der Waals surface area (Å²) < 4.78 is 9.80. The molecule has 1 atom stereocenters. The molecule has 0 bridgehead atoms. The summed E-state index contributed by atoms with van der Waals surface area (Å²) in [6.07, 6.45) is 0.149. The summed E-state index contributed by atoms with van der Waals surface area (Å²) in [6.45, 7) is 2.22. The molecular formula is C16H18N4O4. The highest BCUT2D eigenvalue weighted by Gasteiger charge is 2.36. The van der Waals surface area contributed by atoms with E-state index in [0.29, 0.717) is 24.7 Å². The third kappa shape index (κ3) is 3.08. The topological polar surface area (TPSA) is 97.6 Å². The van der Waals surface area contributed by atoms with Crippen molar-refractivity contribution in [2.24, 2.45) is 0 Å². The SMILES string of the molecule is COC(=O)N1CCc2ccccc2[C@H]1C(=O)NCc1nc(C)no1. The smallest absolute Gasteiger partial charge is 0.410 e. The molecule has 1 aliphatic rings. The number of hydrogen-bond acceptors (Lipinski definition) is 6. The molecular weight excluding hydrogens is 312 g/mol. The van der Waals surface area contributed by atoms with Crippen LogP contribution >= 0.6 is 0 Å². The molecule has 0 spiro atoms. The van der Waals surface area contributed by atoms with Crippen LogP contribution in [-0.2, 0) is 22.5 Å². The van der Waals surface area contributed by atoms with Crippen LogP contribution in [0.25, 0.3) is 0 Å². The lowest BCUT2D eigenvalue weighted by Crippen LogP contribution is -2.47. The van der Waals surface area contributed by atoms with Gasteiger partial charge in [0.2, 0.25) is 11.8 Å². The van der Waals surface area contributed by atoms with Gasteiger partial charge in [0.1, 0.15) is 6.04 Å². The van der Waals surface area contributed by atoms with Crippen LogP contribution in [-0.4, -0.2) is 40.7 Å². The number of rotatable bonds is 3. The summed E-state index contributed by atoms with van der Waals surface area (Å²) in [5.74, 6) is 0.497. The van der Waals surface area contributed by atoms with E-state index in [4.69, 9.17) is 9.26 Å². The molecule has 0 saturated heterocycles. The van der Waals surface area contributed by atoms with E-state index < -0.39 is 12.1 Å². The number of carbonyl (C=O) groups is 2. The Morgan fingerprint density at radius 1 is 1.42 bits per heavy atom. The van der Waals surface area contributed by atoms with Gasteiger partial charge in [-0.15, -0.1) is 0 Å². The number of hydrogen-bond donors (Lipinski definition) is 1. The van der Waals surface area contributed by atoms with E-state index in [-0.39, 0.29) is 12.5 Å². The first-order chi connectivity index (χ1) is 11.6. The van der Waals surface area contributed by atoms with Crippen LogP contribution in [0.3, 0.4) is 0 Å². The lowest BCUT2D eigenvalue weighted by Gasteiger charge is -2.35. The highest BCUT2D eigenvalue weighted by atomic mass is 16.5. The molecule has 3 rings (SSSR count). The Balaban J connectivity index is 1.82. The summed E-state index contributed by atoms with van der Waals surface area (Å²) in [5, 5.41) is 6.42. The molecule has 2 heterocycles. The largest absolute Gasteiger partial charge is 0.453 e. The standard InChI is InChI=1S/C16H18N4O4/c1-10-18-13(24-19-10)9-17-15(21)14-12-6-4-3-5-11(12)7-8-20(14)16(22)23-2/h3-6,14H,7-9H2,1-2H3,(H,17,21)/t14-/m0/s1. The number of nitrogens with one attached hydrogen (secondary N) is 1. The summed E-state index contributed by atoms with van der Waals surface area (Å²) in [6, 6.07) is 6.84. The molecule has 1 aromatic heterocycles. The van der Waals surface area contributed by atoms with Crippen molar-refractivity contribution < 1.29 is 18.8 Å². The van der Waals surface area contributed by atoms with E-state index >= 15 is 0 Å². The highest BCUT2D eigenvalue weighted by Crippen LogP contribution is 2.30. The predicted molar refractivity (Wildman–Crippen MR) is 82.9 cm³/mol. The Bertz CT molecular complexity index is 758. The lowest BCUT2D eigenvalue weighted by atomic mass is 9.92. The Kier molecular flexibility index (Phi) is 4.45. The van der Waals surface area contributed by atoms with Crippen LogP contribution in [0.4, 0.5) is 4.79 Å². The summed E-state index contributed by atoms with van der Waals surface area (Å²) in [5.41, 5.74) is 1.85. The zero-order valence-electron chi connectivity index (χ0n) is 13.5. The second-order valence-corrected chi connectivity index (χ2v) is 5.47. The quantitative estimate of drug-likeness (QED) is 0.912. The molecule has 0 fully saturated rings. The number of aromatic nitrogens is 2. The highest BCUT2D eigenvalue weighted by molar-refractivity contribution is 5.87. The van der Waals surface area contributed by atoms with Gasteiger partial charge in [-0.3, -0.25) is 9.69 Å². The van der Waals surface area contributed by atoms with Crippen molar-refractivity contribution in [1.82, 2.24) is 20.4 Å². The molecule has 24 heavy (non-hydrogen) atoms. The molecule has 8 nitrogen and oxygen atoms in total. The molecule has 2 aromatic rings. The van der Waals surface area contributed by atoms with Crippen molar-refractivity contribution in [1.29, 1.82) is 0 Å².